The molecule has 9 heteroatoms. The summed E-state index contributed by atoms with van der Waals surface area (Å²) in [6, 6.07) is 13.5. The quantitative estimate of drug-likeness (QED) is 0.635. The largest absolute Gasteiger partial charge is 0.325 e. The summed E-state index contributed by atoms with van der Waals surface area (Å²) < 4.78 is 27.1. The molecule has 1 saturated heterocycles. The number of benzene rings is 2. The lowest BCUT2D eigenvalue weighted by Gasteiger charge is -2.21. The van der Waals surface area contributed by atoms with E-state index in [2.05, 4.69) is 15.4 Å². The van der Waals surface area contributed by atoms with E-state index in [1.165, 1.54) is 19.1 Å². The molecule has 166 valence electrons. The predicted octanol–water partition coefficient (Wildman–Crippen LogP) is 3.40. The number of nitrogens with zero attached hydrogens (tertiary/aromatic N) is 1. The minimum absolute atomic E-state index is 0.0964. The molecule has 0 radical (unpaired) electrons. The van der Waals surface area contributed by atoms with Crippen molar-refractivity contribution in [1.29, 1.82) is 0 Å². The highest BCUT2D eigenvalue weighted by Crippen LogP contribution is 2.16. The summed E-state index contributed by atoms with van der Waals surface area (Å²) in [5.41, 5.74) is 1.13. The molecule has 1 heterocycles. The summed E-state index contributed by atoms with van der Waals surface area (Å²) in [4.78, 5) is 26.7. The molecule has 3 rings (SSSR count). The van der Waals surface area contributed by atoms with Gasteiger partial charge >= 0.3 is 6.03 Å². The first-order valence-corrected chi connectivity index (χ1v) is 11.9. The van der Waals surface area contributed by atoms with E-state index in [9.17, 15) is 18.0 Å². The van der Waals surface area contributed by atoms with Crippen LogP contribution in [0.5, 0.6) is 0 Å². The Kier molecular flexibility index (Phi) is 7.64. The number of hydrogen-bond acceptors (Lipinski definition) is 4. The Labute approximate surface area is 183 Å². The third kappa shape index (κ3) is 6.53. The summed E-state index contributed by atoms with van der Waals surface area (Å²) in [6.45, 7) is 3.00. The van der Waals surface area contributed by atoms with Gasteiger partial charge in [0.05, 0.1) is 10.9 Å². The second kappa shape index (κ2) is 10.4. The first-order chi connectivity index (χ1) is 14.8. The second-order valence-electron chi connectivity index (χ2n) is 7.55. The molecular weight excluding hydrogens is 416 g/mol. The molecule has 3 amide bonds. The van der Waals surface area contributed by atoms with E-state index < -0.39 is 22.0 Å². The molecule has 1 aliphatic rings. The molecule has 2 aromatic carbocycles. The summed E-state index contributed by atoms with van der Waals surface area (Å²) in [6.07, 6.45) is 4.34. The van der Waals surface area contributed by atoms with Gasteiger partial charge in [0.1, 0.15) is 0 Å². The van der Waals surface area contributed by atoms with Crippen LogP contribution in [-0.4, -0.2) is 44.4 Å². The lowest BCUT2D eigenvalue weighted by molar-refractivity contribution is -0.117. The van der Waals surface area contributed by atoms with Gasteiger partial charge < -0.3 is 15.5 Å². The molecule has 1 atom stereocenters. The highest BCUT2D eigenvalue weighted by Gasteiger charge is 2.22. The number of anilines is 2. The Morgan fingerprint density at radius 1 is 0.839 bits per heavy atom. The van der Waals surface area contributed by atoms with Crippen LogP contribution in [0.15, 0.2) is 59.5 Å². The number of nitrogens with one attached hydrogen (secondary N) is 3. The van der Waals surface area contributed by atoms with Crippen molar-refractivity contribution in [2.24, 2.45) is 0 Å². The van der Waals surface area contributed by atoms with E-state index in [4.69, 9.17) is 0 Å². The van der Waals surface area contributed by atoms with E-state index in [-0.39, 0.29) is 10.9 Å². The minimum Gasteiger partial charge on any atom is -0.325 e. The highest BCUT2D eigenvalue weighted by atomic mass is 32.2. The van der Waals surface area contributed by atoms with Gasteiger partial charge in [0.15, 0.2) is 0 Å². The van der Waals surface area contributed by atoms with Crippen LogP contribution in [0.4, 0.5) is 16.2 Å². The number of carbonyl (C=O) groups is 2. The van der Waals surface area contributed by atoms with Crippen LogP contribution in [0.3, 0.4) is 0 Å². The van der Waals surface area contributed by atoms with Gasteiger partial charge in [-0.25, -0.2) is 13.2 Å². The van der Waals surface area contributed by atoms with Gasteiger partial charge in [0, 0.05) is 24.5 Å². The summed E-state index contributed by atoms with van der Waals surface area (Å²) in [5.74, 6) is -0.485. The van der Waals surface area contributed by atoms with Crippen LogP contribution in [0.25, 0.3) is 0 Å². The average Bonchev–Trinajstić information content (AvgIpc) is 3.05. The van der Waals surface area contributed by atoms with Crippen LogP contribution >= 0.6 is 0 Å². The molecule has 31 heavy (non-hydrogen) atoms. The van der Waals surface area contributed by atoms with E-state index in [1.807, 2.05) is 4.90 Å². The standard InChI is InChI=1S/C22H28N4O4S/c1-17(25-31(29,30)20-9-5-4-6-10-20)21(27)23-18-11-13-19(14-12-18)24-22(28)26-15-7-2-3-8-16-26/h4-6,9-14,17,25H,2-3,7-8,15-16H2,1H3,(H,23,27)(H,24,28)/t17-/m0/s1. The number of sulfonamides is 1. The van der Waals surface area contributed by atoms with Gasteiger partial charge in [-0.2, -0.15) is 4.72 Å². The highest BCUT2D eigenvalue weighted by molar-refractivity contribution is 7.89. The van der Waals surface area contributed by atoms with Crippen molar-refractivity contribution in [2.45, 2.75) is 43.5 Å². The number of carbonyl (C=O) groups excluding carboxylic acids is 2. The maximum atomic E-state index is 12.4. The number of rotatable bonds is 6. The Hall–Kier alpha value is -2.91. The Balaban J connectivity index is 1.54. The van der Waals surface area contributed by atoms with Gasteiger partial charge in [-0.1, -0.05) is 31.0 Å². The smallest absolute Gasteiger partial charge is 0.321 e. The van der Waals surface area contributed by atoms with Crippen LogP contribution < -0.4 is 15.4 Å². The van der Waals surface area contributed by atoms with Crippen LogP contribution in [0.1, 0.15) is 32.6 Å². The Morgan fingerprint density at radius 3 is 1.97 bits per heavy atom. The zero-order valence-corrected chi connectivity index (χ0v) is 18.3. The summed E-state index contributed by atoms with van der Waals surface area (Å²) in [5, 5.41) is 5.55. The van der Waals surface area contributed by atoms with Crippen molar-refractivity contribution in [3.8, 4) is 0 Å². The van der Waals surface area contributed by atoms with Crippen molar-refractivity contribution in [2.75, 3.05) is 23.7 Å². The number of amides is 3. The Bertz CT molecular complexity index is 986. The molecule has 1 aliphatic heterocycles. The fourth-order valence-electron chi connectivity index (χ4n) is 3.32. The van der Waals surface area contributed by atoms with Gasteiger partial charge in [0.2, 0.25) is 15.9 Å². The molecule has 0 aromatic heterocycles. The third-order valence-corrected chi connectivity index (χ3v) is 6.63. The van der Waals surface area contributed by atoms with Gasteiger partial charge in [-0.05, 0) is 56.2 Å². The van der Waals surface area contributed by atoms with E-state index >= 15 is 0 Å². The van der Waals surface area contributed by atoms with Gasteiger partial charge in [0.25, 0.3) is 0 Å². The monoisotopic (exact) mass is 444 g/mol. The van der Waals surface area contributed by atoms with Crippen LogP contribution in [-0.2, 0) is 14.8 Å². The van der Waals surface area contributed by atoms with Crippen molar-refractivity contribution >= 4 is 33.3 Å². The maximum Gasteiger partial charge on any atom is 0.321 e. The molecule has 0 aliphatic carbocycles. The lowest BCUT2D eigenvalue weighted by atomic mass is 10.2. The van der Waals surface area contributed by atoms with E-state index in [0.29, 0.717) is 11.4 Å². The average molecular weight is 445 g/mol. The molecule has 1 fully saturated rings. The Morgan fingerprint density at radius 2 is 1.39 bits per heavy atom. The first-order valence-electron chi connectivity index (χ1n) is 10.4. The molecule has 0 unspecified atom stereocenters. The fourth-order valence-corrected chi connectivity index (χ4v) is 4.54. The zero-order valence-electron chi connectivity index (χ0n) is 17.5. The number of urea groups is 1. The number of likely N-dealkylation sites (tertiary alicyclic amines) is 1. The van der Waals surface area contributed by atoms with Crippen molar-refractivity contribution in [3.05, 3.63) is 54.6 Å². The van der Waals surface area contributed by atoms with Crippen LogP contribution in [0, 0.1) is 0 Å². The summed E-state index contributed by atoms with van der Waals surface area (Å²) >= 11 is 0. The zero-order chi connectivity index (χ0) is 22.3. The van der Waals surface area contributed by atoms with E-state index in [0.717, 1.165) is 38.8 Å². The first kappa shape index (κ1) is 22.8. The normalized spacial score (nSPS) is 15.6. The molecule has 0 bridgehead atoms. The lowest BCUT2D eigenvalue weighted by Crippen LogP contribution is -2.41. The molecule has 0 saturated carbocycles. The van der Waals surface area contributed by atoms with Crippen molar-refractivity contribution in [1.82, 2.24) is 9.62 Å². The predicted molar refractivity (Wildman–Crippen MR) is 120 cm³/mol. The summed E-state index contributed by atoms with van der Waals surface area (Å²) in [7, 11) is -3.79. The van der Waals surface area contributed by atoms with Crippen LogP contribution in [0.2, 0.25) is 0 Å². The minimum atomic E-state index is -3.79. The molecular formula is C22H28N4O4S. The van der Waals surface area contributed by atoms with E-state index in [1.54, 1.807) is 42.5 Å². The third-order valence-electron chi connectivity index (χ3n) is 5.08. The van der Waals surface area contributed by atoms with Gasteiger partial charge in [-0.15, -0.1) is 0 Å². The van der Waals surface area contributed by atoms with Crippen molar-refractivity contribution < 1.29 is 18.0 Å². The molecule has 8 nitrogen and oxygen atoms in total. The second-order valence-corrected chi connectivity index (χ2v) is 9.27. The molecule has 3 N–H and O–H groups in total. The molecule has 0 spiro atoms. The topological polar surface area (TPSA) is 108 Å². The molecule has 2 aromatic rings. The van der Waals surface area contributed by atoms with Crippen molar-refractivity contribution in [3.63, 3.8) is 0 Å². The fraction of sp³-hybridized carbons (Fsp3) is 0.364. The maximum absolute atomic E-state index is 12.4. The van der Waals surface area contributed by atoms with Gasteiger partial charge in [-0.3, -0.25) is 4.79 Å². The SMILES string of the molecule is C[C@H](NS(=O)(=O)c1ccccc1)C(=O)Nc1ccc(NC(=O)N2CCCCCC2)cc1. The number of hydrogen-bond donors (Lipinski definition) is 3.